The van der Waals surface area contributed by atoms with E-state index < -0.39 is 0 Å². The van der Waals surface area contributed by atoms with Crippen molar-refractivity contribution in [2.45, 2.75) is 52.0 Å². The van der Waals surface area contributed by atoms with E-state index in [2.05, 4.69) is 11.9 Å². The van der Waals surface area contributed by atoms with Gasteiger partial charge in [-0.1, -0.05) is 13.3 Å². The number of aryl methyl sites for hydroxylation is 3. The first kappa shape index (κ1) is 11.9. The molecule has 18 heavy (non-hydrogen) atoms. The minimum Gasteiger partial charge on any atom is -0.299 e. The van der Waals surface area contributed by atoms with Gasteiger partial charge in [0.1, 0.15) is 4.83 Å². The number of unbranched alkanes of at least 4 members (excludes halogenated alkanes) is 1. The van der Waals surface area contributed by atoms with Gasteiger partial charge in [-0.3, -0.25) is 9.36 Å². The molecule has 96 valence electrons. The van der Waals surface area contributed by atoms with Crippen LogP contribution in [0.5, 0.6) is 0 Å². The van der Waals surface area contributed by atoms with E-state index in [9.17, 15) is 4.79 Å². The molecule has 3 nitrogen and oxygen atoms in total. The number of hydrogen-bond acceptors (Lipinski definition) is 3. The molecule has 0 saturated heterocycles. The summed E-state index contributed by atoms with van der Waals surface area (Å²) in [5.74, 6) is 0. The van der Waals surface area contributed by atoms with Gasteiger partial charge < -0.3 is 0 Å². The summed E-state index contributed by atoms with van der Waals surface area (Å²) < 4.78 is 1.79. The van der Waals surface area contributed by atoms with Crippen molar-refractivity contribution in [2.24, 2.45) is 0 Å². The van der Waals surface area contributed by atoms with E-state index in [0.717, 1.165) is 42.4 Å². The Morgan fingerprint density at radius 2 is 2.22 bits per heavy atom. The van der Waals surface area contributed by atoms with Crippen LogP contribution in [0.15, 0.2) is 11.1 Å². The first-order valence-electron chi connectivity index (χ1n) is 6.81. The molecule has 2 heterocycles. The molecule has 1 aliphatic rings. The third kappa shape index (κ3) is 1.88. The van der Waals surface area contributed by atoms with Gasteiger partial charge in [-0.05, 0) is 37.7 Å². The molecule has 0 saturated carbocycles. The molecule has 0 N–H and O–H groups in total. The van der Waals surface area contributed by atoms with Crippen molar-refractivity contribution in [3.63, 3.8) is 0 Å². The molecule has 4 heteroatoms. The summed E-state index contributed by atoms with van der Waals surface area (Å²) in [6.45, 7) is 2.94. The van der Waals surface area contributed by atoms with E-state index in [1.165, 1.54) is 23.3 Å². The van der Waals surface area contributed by atoms with Crippen molar-refractivity contribution >= 4 is 21.6 Å². The maximum Gasteiger partial charge on any atom is 0.262 e. The second kappa shape index (κ2) is 4.84. The van der Waals surface area contributed by atoms with Crippen molar-refractivity contribution in [1.29, 1.82) is 0 Å². The zero-order valence-corrected chi connectivity index (χ0v) is 11.6. The fourth-order valence-electron chi connectivity index (χ4n) is 2.67. The topological polar surface area (TPSA) is 34.9 Å². The van der Waals surface area contributed by atoms with E-state index in [4.69, 9.17) is 0 Å². The number of thiophene rings is 1. The molecule has 0 fully saturated rings. The fraction of sp³-hybridized carbons (Fsp3) is 0.571. The van der Waals surface area contributed by atoms with Gasteiger partial charge in [-0.2, -0.15) is 0 Å². The quantitative estimate of drug-likeness (QED) is 0.851. The lowest BCUT2D eigenvalue weighted by molar-refractivity contribution is 0.608. The average Bonchev–Trinajstić information content (AvgIpc) is 2.77. The Hall–Kier alpha value is -1.16. The van der Waals surface area contributed by atoms with Gasteiger partial charge in [0.2, 0.25) is 0 Å². The molecule has 0 spiro atoms. The summed E-state index contributed by atoms with van der Waals surface area (Å²) in [6, 6.07) is 0. The maximum atomic E-state index is 12.5. The lowest BCUT2D eigenvalue weighted by atomic mass is 9.97. The summed E-state index contributed by atoms with van der Waals surface area (Å²) in [7, 11) is 0. The summed E-state index contributed by atoms with van der Waals surface area (Å²) >= 11 is 1.72. The van der Waals surface area contributed by atoms with Crippen LogP contribution in [0.25, 0.3) is 10.2 Å². The molecule has 0 aromatic carbocycles. The largest absolute Gasteiger partial charge is 0.299 e. The second-order valence-electron chi connectivity index (χ2n) is 4.99. The van der Waals surface area contributed by atoms with Gasteiger partial charge in [-0.15, -0.1) is 11.3 Å². The molecule has 2 aromatic rings. The average molecular weight is 262 g/mol. The highest BCUT2D eigenvalue weighted by atomic mass is 32.1. The van der Waals surface area contributed by atoms with Crippen LogP contribution in [0, 0.1) is 0 Å². The van der Waals surface area contributed by atoms with Crippen LogP contribution in [-0.4, -0.2) is 9.55 Å². The molecular formula is C14H18N2OS. The summed E-state index contributed by atoms with van der Waals surface area (Å²) in [5, 5.41) is 0.910. The van der Waals surface area contributed by atoms with E-state index in [-0.39, 0.29) is 5.56 Å². The second-order valence-corrected chi connectivity index (χ2v) is 6.07. The molecule has 0 atom stereocenters. The number of rotatable bonds is 3. The van der Waals surface area contributed by atoms with Gasteiger partial charge in [0, 0.05) is 11.4 Å². The Kier molecular flexibility index (Phi) is 3.20. The monoisotopic (exact) mass is 262 g/mol. The number of hydrogen-bond donors (Lipinski definition) is 0. The normalized spacial score (nSPS) is 14.9. The third-order valence-corrected chi connectivity index (χ3v) is 4.89. The molecule has 0 unspecified atom stereocenters. The Bertz CT molecular complexity index is 626. The van der Waals surface area contributed by atoms with E-state index >= 15 is 0 Å². The van der Waals surface area contributed by atoms with Gasteiger partial charge in [0.15, 0.2) is 0 Å². The Labute approximate surface area is 110 Å². The summed E-state index contributed by atoms with van der Waals surface area (Å²) in [6.07, 6.45) is 8.52. The number of aromatic nitrogens is 2. The predicted molar refractivity (Wildman–Crippen MR) is 75.4 cm³/mol. The van der Waals surface area contributed by atoms with Crippen LogP contribution >= 0.6 is 11.3 Å². The van der Waals surface area contributed by atoms with Crippen LogP contribution in [0.2, 0.25) is 0 Å². The van der Waals surface area contributed by atoms with Crippen molar-refractivity contribution < 1.29 is 0 Å². The maximum absolute atomic E-state index is 12.5. The van der Waals surface area contributed by atoms with Crippen LogP contribution in [-0.2, 0) is 19.4 Å². The SMILES string of the molecule is CCCCn1cnc2sc3c(c2c1=O)CCCC3. The Balaban J connectivity index is 2.15. The highest BCUT2D eigenvalue weighted by molar-refractivity contribution is 7.18. The van der Waals surface area contributed by atoms with Crippen molar-refractivity contribution in [1.82, 2.24) is 9.55 Å². The van der Waals surface area contributed by atoms with E-state index in [1.807, 2.05) is 0 Å². The van der Waals surface area contributed by atoms with Gasteiger partial charge in [-0.25, -0.2) is 4.98 Å². The van der Waals surface area contributed by atoms with Gasteiger partial charge in [0.25, 0.3) is 5.56 Å². The van der Waals surface area contributed by atoms with E-state index in [0.29, 0.717) is 0 Å². The zero-order chi connectivity index (χ0) is 12.5. The predicted octanol–water partition coefficient (Wildman–Crippen LogP) is 3.14. The van der Waals surface area contributed by atoms with Crippen LogP contribution < -0.4 is 5.56 Å². The molecule has 0 radical (unpaired) electrons. The highest BCUT2D eigenvalue weighted by Crippen LogP contribution is 2.33. The van der Waals surface area contributed by atoms with Gasteiger partial charge in [0.05, 0.1) is 11.7 Å². The Morgan fingerprint density at radius 1 is 1.39 bits per heavy atom. The first-order chi connectivity index (χ1) is 8.81. The van der Waals surface area contributed by atoms with Crippen LogP contribution in [0.3, 0.4) is 0 Å². The van der Waals surface area contributed by atoms with Crippen molar-refractivity contribution in [2.75, 3.05) is 0 Å². The zero-order valence-electron chi connectivity index (χ0n) is 10.7. The molecule has 0 aliphatic heterocycles. The van der Waals surface area contributed by atoms with Crippen molar-refractivity contribution in [3.05, 3.63) is 27.1 Å². The van der Waals surface area contributed by atoms with E-state index in [1.54, 1.807) is 22.2 Å². The minimum absolute atomic E-state index is 0.174. The molecule has 0 amide bonds. The van der Waals surface area contributed by atoms with Gasteiger partial charge >= 0.3 is 0 Å². The molecule has 2 aromatic heterocycles. The smallest absolute Gasteiger partial charge is 0.262 e. The lowest BCUT2D eigenvalue weighted by Gasteiger charge is -2.10. The number of nitrogens with zero attached hydrogens (tertiary/aromatic N) is 2. The van der Waals surface area contributed by atoms with Crippen LogP contribution in [0.4, 0.5) is 0 Å². The highest BCUT2D eigenvalue weighted by Gasteiger charge is 2.19. The third-order valence-electron chi connectivity index (χ3n) is 3.69. The number of fused-ring (bicyclic) bond motifs is 3. The first-order valence-corrected chi connectivity index (χ1v) is 7.62. The summed E-state index contributed by atoms with van der Waals surface area (Å²) in [5.41, 5.74) is 1.47. The molecule has 0 bridgehead atoms. The molecule has 1 aliphatic carbocycles. The molecule has 3 rings (SSSR count). The molecular weight excluding hydrogens is 244 g/mol. The lowest BCUT2D eigenvalue weighted by Crippen LogP contribution is -2.21. The standard InChI is InChI=1S/C14H18N2OS/c1-2-3-8-16-9-15-13-12(14(16)17)10-6-4-5-7-11(10)18-13/h9H,2-8H2,1H3. The fourth-order valence-corrected chi connectivity index (χ4v) is 3.89. The van der Waals surface area contributed by atoms with Crippen LogP contribution in [0.1, 0.15) is 43.0 Å². The minimum atomic E-state index is 0.174. The van der Waals surface area contributed by atoms with Crippen molar-refractivity contribution in [3.8, 4) is 0 Å². The summed E-state index contributed by atoms with van der Waals surface area (Å²) in [4.78, 5) is 19.3. The Morgan fingerprint density at radius 3 is 3.06 bits per heavy atom.